The maximum Gasteiger partial charge on any atom is 0.0499 e. The Kier molecular flexibility index (Phi) is 4.36. The maximum absolute atomic E-state index is 4.92. The van der Waals surface area contributed by atoms with Gasteiger partial charge in [0.15, 0.2) is 0 Å². The number of rotatable bonds is 2. The highest BCUT2D eigenvalue weighted by Gasteiger charge is 2.23. The molecule has 0 radical (unpaired) electrons. The molecule has 0 amide bonds. The first kappa shape index (κ1) is 12.7. The Labute approximate surface area is 95.4 Å². The fourth-order valence-electron chi connectivity index (χ4n) is 2.24. The molecule has 1 saturated carbocycles. The molecule has 88 valence electrons. The van der Waals surface area contributed by atoms with Crippen LogP contribution in [-0.4, -0.2) is 11.8 Å². The summed E-state index contributed by atoms with van der Waals surface area (Å²) in [7, 11) is 0. The van der Waals surface area contributed by atoms with Crippen molar-refractivity contribution in [3.63, 3.8) is 0 Å². The minimum absolute atomic E-state index is 0.349. The molecule has 1 rings (SSSR count). The van der Waals surface area contributed by atoms with Crippen molar-refractivity contribution >= 4 is 5.71 Å². The molecule has 0 spiro atoms. The third-order valence-electron chi connectivity index (χ3n) is 3.89. The van der Waals surface area contributed by atoms with Gasteiger partial charge in [0.25, 0.3) is 0 Å². The van der Waals surface area contributed by atoms with Crippen molar-refractivity contribution in [1.82, 2.24) is 0 Å². The van der Waals surface area contributed by atoms with Crippen molar-refractivity contribution in [1.29, 1.82) is 0 Å². The van der Waals surface area contributed by atoms with Crippen molar-refractivity contribution in [2.24, 2.45) is 16.3 Å². The van der Waals surface area contributed by atoms with Crippen molar-refractivity contribution in [2.45, 2.75) is 72.8 Å². The van der Waals surface area contributed by atoms with Crippen LogP contribution in [0, 0.1) is 11.3 Å². The lowest BCUT2D eigenvalue weighted by atomic mass is 9.79. The van der Waals surface area contributed by atoms with Gasteiger partial charge in [-0.3, -0.25) is 4.99 Å². The van der Waals surface area contributed by atoms with Gasteiger partial charge >= 0.3 is 0 Å². The van der Waals surface area contributed by atoms with Gasteiger partial charge in [-0.2, -0.15) is 0 Å². The van der Waals surface area contributed by atoms with Crippen LogP contribution in [0.25, 0.3) is 0 Å². The van der Waals surface area contributed by atoms with E-state index in [-0.39, 0.29) is 0 Å². The summed E-state index contributed by atoms with van der Waals surface area (Å²) in [4.78, 5) is 4.92. The predicted molar refractivity (Wildman–Crippen MR) is 68.6 cm³/mol. The molecular formula is C14H27N. The number of nitrogens with zero attached hydrogens (tertiary/aromatic N) is 1. The maximum atomic E-state index is 4.92. The predicted octanol–water partition coefficient (Wildman–Crippen LogP) is 4.46. The van der Waals surface area contributed by atoms with Gasteiger partial charge in [-0.15, -0.1) is 0 Å². The minimum atomic E-state index is 0.349. The van der Waals surface area contributed by atoms with Gasteiger partial charge in [-0.05, 0) is 31.1 Å². The summed E-state index contributed by atoms with van der Waals surface area (Å²) >= 11 is 0. The molecule has 1 aliphatic rings. The van der Waals surface area contributed by atoms with Crippen LogP contribution < -0.4 is 0 Å². The molecule has 0 bridgehead atoms. The summed E-state index contributed by atoms with van der Waals surface area (Å²) in [6.45, 7) is 11.4. The second kappa shape index (κ2) is 5.14. The molecule has 1 fully saturated rings. The molecule has 0 heterocycles. The molecule has 0 aromatic rings. The van der Waals surface area contributed by atoms with Crippen LogP contribution in [0.15, 0.2) is 4.99 Å². The lowest BCUT2D eigenvalue weighted by molar-refractivity contribution is 0.329. The zero-order chi connectivity index (χ0) is 11.5. The van der Waals surface area contributed by atoms with Gasteiger partial charge in [-0.25, -0.2) is 0 Å². The molecule has 0 N–H and O–H groups in total. The van der Waals surface area contributed by atoms with Crippen LogP contribution in [-0.2, 0) is 0 Å². The Hall–Kier alpha value is -0.330. The second-order valence-electron chi connectivity index (χ2n) is 6.15. The molecule has 1 aliphatic carbocycles. The molecule has 0 aliphatic heterocycles. The first-order chi connectivity index (χ1) is 6.91. The van der Waals surface area contributed by atoms with Crippen molar-refractivity contribution in [2.75, 3.05) is 0 Å². The highest BCUT2D eigenvalue weighted by Crippen LogP contribution is 2.28. The lowest BCUT2D eigenvalue weighted by Crippen LogP contribution is -2.25. The SMILES string of the molecule is CC(=NC1CCCCC1)C(C)C(C)(C)C. The third-order valence-corrected chi connectivity index (χ3v) is 3.89. The summed E-state index contributed by atoms with van der Waals surface area (Å²) < 4.78 is 0. The van der Waals surface area contributed by atoms with Crippen molar-refractivity contribution in [3.8, 4) is 0 Å². The van der Waals surface area contributed by atoms with Crippen LogP contribution >= 0.6 is 0 Å². The van der Waals surface area contributed by atoms with Crippen molar-refractivity contribution in [3.05, 3.63) is 0 Å². The van der Waals surface area contributed by atoms with E-state index in [4.69, 9.17) is 4.99 Å². The van der Waals surface area contributed by atoms with E-state index in [0.717, 1.165) is 0 Å². The van der Waals surface area contributed by atoms with Crippen LogP contribution in [0.1, 0.15) is 66.7 Å². The Bertz CT molecular complexity index is 216. The minimum Gasteiger partial charge on any atom is -0.291 e. The molecule has 1 heteroatoms. The molecule has 1 atom stereocenters. The van der Waals surface area contributed by atoms with Crippen LogP contribution in [0.4, 0.5) is 0 Å². The Balaban J connectivity index is 2.57. The van der Waals surface area contributed by atoms with Gasteiger partial charge in [0.05, 0.1) is 0 Å². The van der Waals surface area contributed by atoms with E-state index >= 15 is 0 Å². The quantitative estimate of drug-likeness (QED) is 0.595. The Morgan fingerprint density at radius 3 is 2.13 bits per heavy atom. The fourth-order valence-corrected chi connectivity index (χ4v) is 2.24. The highest BCUT2D eigenvalue weighted by molar-refractivity contribution is 5.84. The number of hydrogen-bond donors (Lipinski definition) is 0. The first-order valence-corrected chi connectivity index (χ1v) is 6.45. The Morgan fingerprint density at radius 2 is 1.67 bits per heavy atom. The lowest BCUT2D eigenvalue weighted by Gasteiger charge is -2.28. The van der Waals surface area contributed by atoms with Gasteiger partial charge in [0.1, 0.15) is 0 Å². The van der Waals surface area contributed by atoms with E-state index in [2.05, 4.69) is 34.6 Å². The van der Waals surface area contributed by atoms with E-state index in [1.807, 2.05) is 0 Å². The number of hydrogen-bond acceptors (Lipinski definition) is 1. The van der Waals surface area contributed by atoms with Gasteiger partial charge in [0.2, 0.25) is 0 Å². The molecule has 0 aromatic carbocycles. The largest absolute Gasteiger partial charge is 0.291 e. The standard InChI is InChI=1S/C14H27N/c1-11(14(3,4)5)12(2)15-13-9-7-6-8-10-13/h11,13H,6-10H2,1-5H3. The van der Waals surface area contributed by atoms with Crippen LogP contribution in [0.2, 0.25) is 0 Å². The molecule has 15 heavy (non-hydrogen) atoms. The second-order valence-corrected chi connectivity index (χ2v) is 6.15. The van der Waals surface area contributed by atoms with E-state index in [0.29, 0.717) is 17.4 Å². The van der Waals surface area contributed by atoms with Gasteiger partial charge in [0, 0.05) is 11.8 Å². The fraction of sp³-hybridized carbons (Fsp3) is 0.929. The monoisotopic (exact) mass is 209 g/mol. The molecular weight excluding hydrogens is 182 g/mol. The van der Waals surface area contributed by atoms with E-state index in [1.165, 1.54) is 37.8 Å². The van der Waals surface area contributed by atoms with E-state index < -0.39 is 0 Å². The topological polar surface area (TPSA) is 12.4 Å². The zero-order valence-corrected chi connectivity index (χ0v) is 11.1. The normalized spacial score (nSPS) is 22.9. The highest BCUT2D eigenvalue weighted by atomic mass is 14.8. The molecule has 0 saturated heterocycles. The average Bonchev–Trinajstić information content (AvgIpc) is 2.16. The van der Waals surface area contributed by atoms with E-state index in [1.54, 1.807) is 0 Å². The van der Waals surface area contributed by atoms with Crippen LogP contribution in [0.3, 0.4) is 0 Å². The summed E-state index contributed by atoms with van der Waals surface area (Å²) in [6, 6.07) is 0.628. The Morgan fingerprint density at radius 1 is 1.13 bits per heavy atom. The third kappa shape index (κ3) is 3.96. The molecule has 1 unspecified atom stereocenters. The van der Waals surface area contributed by atoms with Crippen LogP contribution in [0.5, 0.6) is 0 Å². The summed E-state index contributed by atoms with van der Waals surface area (Å²) in [5.74, 6) is 0.597. The van der Waals surface area contributed by atoms with E-state index in [9.17, 15) is 0 Å². The first-order valence-electron chi connectivity index (χ1n) is 6.45. The smallest absolute Gasteiger partial charge is 0.0499 e. The average molecular weight is 209 g/mol. The summed E-state index contributed by atoms with van der Waals surface area (Å²) in [5, 5.41) is 0. The van der Waals surface area contributed by atoms with Crippen molar-refractivity contribution < 1.29 is 0 Å². The summed E-state index contributed by atoms with van der Waals surface area (Å²) in [6.07, 6.45) is 6.80. The van der Waals surface area contributed by atoms with Gasteiger partial charge < -0.3 is 0 Å². The zero-order valence-electron chi connectivity index (χ0n) is 11.1. The van der Waals surface area contributed by atoms with Gasteiger partial charge in [-0.1, -0.05) is 47.0 Å². The number of aliphatic imine (C=N–C) groups is 1. The molecule has 0 aromatic heterocycles. The summed E-state index contributed by atoms with van der Waals surface area (Å²) in [5.41, 5.74) is 1.71. The molecule has 1 nitrogen and oxygen atoms in total.